The standard InChI is InChI=1S/C21H21ClN4OS/c1-3-12-26-20(17-9-5-4-6-10-17)23-24-21(26)28-15-19(27)25(2)14-16-8-7-11-18(22)13-16/h3-11,13H,1,12,14-15H2,2H3. The number of allylic oxidation sites excluding steroid dienone is 1. The van der Waals surface area contributed by atoms with Crippen LogP contribution < -0.4 is 0 Å². The van der Waals surface area contributed by atoms with E-state index in [2.05, 4.69) is 16.8 Å². The number of hydrogen-bond donors (Lipinski definition) is 0. The van der Waals surface area contributed by atoms with Crippen molar-refractivity contribution in [1.82, 2.24) is 19.7 Å². The molecular weight excluding hydrogens is 392 g/mol. The van der Waals surface area contributed by atoms with Gasteiger partial charge in [-0.25, -0.2) is 0 Å². The quantitative estimate of drug-likeness (QED) is 0.402. The number of carbonyl (C=O) groups excluding carboxylic acids is 1. The molecule has 0 unspecified atom stereocenters. The molecule has 1 heterocycles. The lowest BCUT2D eigenvalue weighted by atomic mass is 10.2. The molecule has 7 heteroatoms. The zero-order valence-corrected chi connectivity index (χ0v) is 17.2. The Balaban J connectivity index is 1.67. The number of nitrogens with zero attached hydrogens (tertiary/aromatic N) is 4. The third-order valence-corrected chi connectivity index (χ3v) is 5.31. The number of thioether (sulfide) groups is 1. The van der Waals surface area contributed by atoms with Gasteiger partial charge in [-0.15, -0.1) is 16.8 Å². The topological polar surface area (TPSA) is 51.0 Å². The van der Waals surface area contributed by atoms with Crippen molar-refractivity contribution in [3.63, 3.8) is 0 Å². The van der Waals surface area contributed by atoms with Gasteiger partial charge in [0.15, 0.2) is 11.0 Å². The second-order valence-corrected chi connectivity index (χ2v) is 7.62. The molecule has 0 atom stereocenters. The Hall–Kier alpha value is -2.57. The number of carbonyl (C=O) groups is 1. The highest BCUT2D eigenvalue weighted by atomic mass is 35.5. The molecule has 0 radical (unpaired) electrons. The second kappa shape index (κ2) is 9.57. The maximum absolute atomic E-state index is 12.5. The Labute approximate surface area is 174 Å². The van der Waals surface area contributed by atoms with E-state index in [1.54, 1.807) is 18.0 Å². The van der Waals surface area contributed by atoms with Crippen LogP contribution in [0.1, 0.15) is 5.56 Å². The van der Waals surface area contributed by atoms with Crippen LogP contribution in [0, 0.1) is 0 Å². The second-order valence-electron chi connectivity index (χ2n) is 6.24. The third-order valence-electron chi connectivity index (χ3n) is 4.12. The SMILES string of the molecule is C=CCn1c(SCC(=O)N(C)Cc2cccc(Cl)c2)nnc1-c1ccccc1. The molecule has 1 aromatic heterocycles. The molecule has 0 fully saturated rings. The van der Waals surface area contributed by atoms with Crippen molar-refractivity contribution >= 4 is 29.3 Å². The lowest BCUT2D eigenvalue weighted by molar-refractivity contribution is -0.127. The molecule has 0 spiro atoms. The van der Waals surface area contributed by atoms with Crippen molar-refractivity contribution < 1.29 is 4.79 Å². The van der Waals surface area contributed by atoms with Crippen LogP contribution in [-0.2, 0) is 17.9 Å². The van der Waals surface area contributed by atoms with Gasteiger partial charge in [0.1, 0.15) is 0 Å². The fraction of sp³-hybridized carbons (Fsp3) is 0.190. The monoisotopic (exact) mass is 412 g/mol. The number of hydrogen-bond acceptors (Lipinski definition) is 4. The first-order chi connectivity index (χ1) is 13.6. The van der Waals surface area contributed by atoms with Gasteiger partial charge in [0.25, 0.3) is 0 Å². The Morgan fingerprint density at radius 2 is 2.00 bits per heavy atom. The summed E-state index contributed by atoms with van der Waals surface area (Å²) in [5.41, 5.74) is 1.97. The number of halogens is 1. The minimum Gasteiger partial charge on any atom is -0.341 e. The van der Waals surface area contributed by atoms with Gasteiger partial charge < -0.3 is 4.90 Å². The zero-order chi connectivity index (χ0) is 19.9. The van der Waals surface area contributed by atoms with Gasteiger partial charge in [-0.2, -0.15) is 0 Å². The molecule has 3 aromatic rings. The maximum Gasteiger partial charge on any atom is 0.233 e. The summed E-state index contributed by atoms with van der Waals surface area (Å²) in [5.74, 6) is 1.06. The minimum atomic E-state index is 0.0133. The van der Waals surface area contributed by atoms with E-state index in [0.29, 0.717) is 23.3 Å². The minimum absolute atomic E-state index is 0.0133. The summed E-state index contributed by atoms with van der Waals surface area (Å²) in [6.45, 7) is 4.90. The molecule has 0 aliphatic heterocycles. The van der Waals surface area contributed by atoms with Gasteiger partial charge in [-0.05, 0) is 17.7 Å². The predicted molar refractivity (Wildman–Crippen MR) is 114 cm³/mol. The van der Waals surface area contributed by atoms with Crippen LogP contribution in [0.25, 0.3) is 11.4 Å². The van der Waals surface area contributed by atoms with Crippen molar-refractivity contribution in [2.75, 3.05) is 12.8 Å². The molecule has 28 heavy (non-hydrogen) atoms. The predicted octanol–water partition coefficient (Wildman–Crippen LogP) is 4.54. The maximum atomic E-state index is 12.5. The van der Waals surface area contributed by atoms with Crippen LogP contribution >= 0.6 is 23.4 Å². The molecule has 0 bridgehead atoms. The van der Waals surface area contributed by atoms with Gasteiger partial charge in [0.05, 0.1) is 5.75 Å². The van der Waals surface area contributed by atoms with Gasteiger partial charge in [-0.1, -0.05) is 71.9 Å². The fourth-order valence-corrected chi connectivity index (χ4v) is 3.83. The van der Waals surface area contributed by atoms with Crippen molar-refractivity contribution in [2.24, 2.45) is 0 Å². The lowest BCUT2D eigenvalue weighted by Gasteiger charge is -2.17. The highest BCUT2D eigenvalue weighted by molar-refractivity contribution is 7.99. The fourth-order valence-electron chi connectivity index (χ4n) is 2.72. The molecule has 0 N–H and O–H groups in total. The highest BCUT2D eigenvalue weighted by Gasteiger charge is 2.16. The number of aromatic nitrogens is 3. The van der Waals surface area contributed by atoms with Crippen LogP contribution in [-0.4, -0.2) is 38.4 Å². The molecule has 2 aromatic carbocycles. The molecule has 0 saturated carbocycles. The van der Waals surface area contributed by atoms with Crippen LogP contribution in [0.4, 0.5) is 0 Å². The van der Waals surface area contributed by atoms with Crippen molar-refractivity contribution in [1.29, 1.82) is 0 Å². The largest absolute Gasteiger partial charge is 0.341 e. The first kappa shape index (κ1) is 20.2. The van der Waals surface area contributed by atoms with Crippen LogP contribution in [0.3, 0.4) is 0 Å². The van der Waals surface area contributed by atoms with Gasteiger partial charge in [-0.3, -0.25) is 9.36 Å². The van der Waals surface area contributed by atoms with Gasteiger partial charge in [0.2, 0.25) is 5.91 Å². The van der Waals surface area contributed by atoms with E-state index < -0.39 is 0 Å². The summed E-state index contributed by atoms with van der Waals surface area (Å²) in [6, 6.07) is 17.4. The normalized spacial score (nSPS) is 10.6. The van der Waals surface area contributed by atoms with E-state index in [9.17, 15) is 4.79 Å². The first-order valence-electron chi connectivity index (χ1n) is 8.79. The Morgan fingerprint density at radius 1 is 1.21 bits per heavy atom. The first-order valence-corrected chi connectivity index (χ1v) is 10.2. The summed E-state index contributed by atoms with van der Waals surface area (Å²) >= 11 is 7.39. The van der Waals surface area contributed by atoms with E-state index >= 15 is 0 Å². The van der Waals surface area contributed by atoms with Crippen molar-refractivity contribution in [3.05, 3.63) is 77.8 Å². The molecular formula is C21H21ClN4OS. The van der Waals surface area contributed by atoms with E-state index in [1.165, 1.54) is 11.8 Å². The van der Waals surface area contributed by atoms with Crippen LogP contribution in [0.5, 0.6) is 0 Å². The lowest BCUT2D eigenvalue weighted by Crippen LogP contribution is -2.27. The van der Waals surface area contributed by atoms with E-state index in [1.807, 2.05) is 59.2 Å². The molecule has 0 saturated heterocycles. The average Bonchev–Trinajstić information content (AvgIpc) is 3.09. The Bertz CT molecular complexity index is 958. The highest BCUT2D eigenvalue weighted by Crippen LogP contribution is 2.24. The van der Waals surface area contributed by atoms with E-state index in [0.717, 1.165) is 17.0 Å². The van der Waals surface area contributed by atoms with Crippen molar-refractivity contribution in [3.8, 4) is 11.4 Å². The number of amides is 1. The third kappa shape index (κ3) is 5.03. The van der Waals surface area contributed by atoms with Crippen LogP contribution in [0.2, 0.25) is 5.02 Å². The summed E-state index contributed by atoms with van der Waals surface area (Å²) in [5, 5.41) is 9.95. The molecule has 144 valence electrons. The van der Waals surface area contributed by atoms with Crippen molar-refractivity contribution in [2.45, 2.75) is 18.2 Å². The Morgan fingerprint density at radius 3 is 2.71 bits per heavy atom. The summed E-state index contributed by atoms with van der Waals surface area (Å²) in [7, 11) is 1.79. The summed E-state index contributed by atoms with van der Waals surface area (Å²) in [4.78, 5) is 14.2. The van der Waals surface area contributed by atoms with E-state index in [-0.39, 0.29) is 11.7 Å². The molecule has 5 nitrogen and oxygen atoms in total. The zero-order valence-electron chi connectivity index (χ0n) is 15.6. The van der Waals surface area contributed by atoms with Crippen LogP contribution in [0.15, 0.2) is 72.4 Å². The number of benzene rings is 2. The molecule has 1 amide bonds. The molecule has 0 aliphatic carbocycles. The average molecular weight is 413 g/mol. The number of rotatable bonds is 8. The Kier molecular flexibility index (Phi) is 6.90. The molecule has 0 aliphatic rings. The van der Waals surface area contributed by atoms with Gasteiger partial charge >= 0.3 is 0 Å². The summed E-state index contributed by atoms with van der Waals surface area (Å²) < 4.78 is 1.97. The van der Waals surface area contributed by atoms with Gasteiger partial charge in [0, 0.05) is 30.7 Å². The molecule has 3 rings (SSSR count). The summed E-state index contributed by atoms with van der Waals surface area (Å²) in [6.07, 6.45) is 1.80. The van der Waals surface area contributed by atoms with E-state index in [4.69, 9.17) is 11.6 Å². The smallest absolute Gasteiger partial charge is 0.233 e.